The van der Waals surface area contributed by atoms with Gasteiger partial charge in [0.2, 0.25) is 0 Å². The lowest BCUT2D eigenvalue weighted by Gasteiger charge is -2.47. The quantitative estimate of drug-likeness (QED) is 0.791. The molecular weight excluding hydrogens is 198 g/mol. The van der Waals surface area contributed by atoms with Crippen LogP contribution in [-0.2, 0) is 0 Å². The van der Waals surface area contributed by atoms with Gasteiger partial charge in [0.15, 0.2) is 0 Å². The molecule has 3 nitrogen and oxygen atoms in total. The zero-order chi connectivity index (χ0) is 11.5. The molecule has 2 fully saturated rings. The Bertz CT molecular complexity index is 257. The molecule has 2 saturated heterocycles. The minimum atomic E-state index is 0.346. The predicted octanol–water partition coefficient (Wildman–Crippen LogP) is 1.89. The van der Waals surface area contributed by atoms with Gasteiger partial charge in [0, 0.05) is 24.2 Å². The fourth-order valence-corrected chi connectivity index (χ4v) is 3.35. The van der Waals surface area contributed by atoms with Gasteiger partial charge < -0.3 is 10.2 Å². The van der Waals surface area contributed by atoms with Crippen molar-refractivity contribution in [3.63, 3.8) is 0 Å². The number of hydrogen-bond donors (Lipinski definition) is 1. The molecule has 2 rings (SSSR count). The summed E-state index contributed by atoms with van der Waals surface area (Å²) in [6, 6.07) is 4.78. The second-order valence-corrected chi connectivity index (χ2v) is 5.50. The standard InChI is InChI=1S/C13H23N3/c1-10(6-7-14)15-11-8-12-4-3-5-13(9-11)16(12)2/h10-13,15H,3-6,8-9H2,1-2H3. The average Bonchev–Trinajstić information content (AvgIpc) is 2.20. The van der Waals surface area contributed by atoms with Crippen LogP contribution in [0.3, 0.4) is 0 Å². The number of hydrogen-bond acceptors (Lipinski definition) is 3. The van der Waals surface area contributed by atoms with E-state index in [9.17, 15) is 0 Å². The minimum absolute atomic E-state index is 0.346. The summed E-state index contributed by atoms with van der Waals surface area (Å²) in [6.07, 6.45) is 7.28. The molecule has 2 bridgehead atoms. The van der Waals surface area contributed by atoms with Gasteiger partial charge >= 0.3 is 0 Å². The summed E-state index contributed by atoms with van der Waals surface area (Å²) < 4.78 is 0. The van der Waals surface area contributed by atoms with E-state index in [1.807, 2.05) is 0 Å². The van der Waals surface area contributed by atoms with Crippen LogP contribution < -0.4 is 5.32 Å². The van der Waals surface area contributed by atoms with Crippen LogP contribution in [0.4, 0.5) is 0 Å². The summed E-state index contributed by atoms with van der Waals surface area (Å²) >= 11 is 0. The van der Waals surface area contributed by atoms with E-state index in [1.165, 1.54) is 32.1 Å². The van der Waals surface area contributed by atoms with Gasteiger partial charge in [-0.25, -0.2) is 0 Å². The fraction of sp³-hybridized carbons (Fsp3) is 0.923. The van der Waals surface area contributed by atoms with Crippen molar-refractivity contribution in [3.05, 3.63) is 0 Å². The van der Waals surface area contributed by atoms with Crippen LogP contribution in [0.5, 0.6) is 0 Å². The van der Waals surface area contributed by atoms with Crippen LogP contribution in [0.2, 0.25) is 0 Å². The monoisotopic (exact) mass is 221 g/mol. The van der Waals surface area contributed by atoms with Gasteiger partial charge in [-0.05, 0) is 39.7 Å². The molecule has 2 heterocycles. The number of nitrogens with zero attached hydrogens (tertiary/aromatic N) is 2. The van der Waals surface area contributed by atoms with Crippen LogP contribution in [0.25, 0.3) is 0 Å². The van der Waals surface area contributed by atoms with Crippen molar-refractivity contribution >= 4 is 0 Å². The van der Waals surface area contributed by atoms with Gasteiger partial charge in [-0.3, -0.25) is 0 Å². The summed E-state index contributed by atoms with van der Waals surface area (Å²) in [6.45, 7) is 2.12. The zero-order valence-corrected chi connectivity index (χ0v) is 10.4. The Morgan fingerprint density at radius 1 is 1.38 bits per heavy atom. The topological polar surface area (TPSA) is 39.1 Å². The summed E-state index contributed by atoms with van der Waals surface area (Å²) in [5.41, 5.74) is 0. The van der Waals surface area contributed by atoms with Gasteiger partial charge in [0.1, 0.15) is 0 Å². The minimum Gasteiger partial charge on any atom is -0.310 e. The third-order valence-corrected chi connectivity index (χ3v) is 4.26. The maximum atomic E-state index is 8.67. The second-order valence-electron chi connectivity index (χ2n) is 5.50. The predicted molar refractivity (Wildman–Crippen MR) is 65.0 cm³/mol. The van der Waals surface area contributed by atoms with Crippen molar-refractivity contribution in [3.8, 4) is 6.07 Å². The van der Waals surface area contributed by atoms with E-state index in [2.05, 4.69) is 30.3 Å². The molecule has 90 valence electrons. The Balaban J connectivity index is 1.87. The van der Waals surface area contributed by atoms with Crippen LogP contribution in [0, 0.1) is 11.3 Å². The molecule has 0 spiro atoms. The summed E-state index contributed by atoms with van der Waals surface area (Å²) in [7, 11) is 2.28. The molecule has 2 aliphatic heterocycles. The molecule has 1 N–H and O–H groups in total. The Morgan fingerprint density at radius 3 is 2.56 bits per heavy atom. The van der Waals surface area contributed by atoms with E-state index >= 15 is 0 Å². The molecule has 3 atom stereocenters. The van der Waals surface area contributed by atoms with Crippen LogP contribution >= 0.6 is 0 Å². The summed E-state index contributed by atoms with van der Waals surface area (Å²) in [4.78, 5) is 2.58. The van der Waals surface area contributed by atoms with Gasteiger partial charge in [0.25, 0.3) is 0 Å². The molecule has 3 unspecified atom stereocenters. The molecular formula is C13H23N3. The van der Waals surface area contributed by atoms with Gasteiger partial charge in [-0.15, -0.1) is 0 Å². The lowest BCUT2D eigenvalue weighted by atomic mass is 9.82. The largest absolute Gasteiger partial charge is 0.310 e. The van der Waals surface area contributed by atoms with Crippen molar-refractivity contribution in [1.82, 2.24) is 10.2 Å². The van der Waals surface area contributed by atoms with Crippen molar-refractivity contribution in [1.29, 1.82) is 5.26 Å². The Labute approximate surface area is 98.8 Å². The number of piperidine rings is 2. The molecule has 3 heteroatoms. The Morgan fingerprint density at radius 2 is 2.00 bits per heavy atom. The molecule has 0 saturated carbocycles. The first kappa shape index (κ1) is 11.9. The number of rotatable bonds is 3. The molecule has 0 aromatic rings. The SMILES string of the molecule is CC(CC#N)NC1CC2CCCC(C1)N2C. The highest BCUT2D eigenvalue weighted by Gasteiger charge is 2.35. The van der Waals surface area contributed by atoms with Crippen molar-refractivity contribution in [2.24, 2.45) is 0 Å². The summed E-state index contributed by atoms with van der Waals surface area (Å²) in [5.74, 6) is 0. The average molecular weight is 221 g/mol. The molecule has 0 amide bonds. The normalized spacial score (nSPS) is 36.7. The first-order valence-electron chi connectivity index (χ1n) is 6.55. The van der Waals surface area contributed by atoms with Crippen molar-refractivity contribution in [2.75, 3.05) is 7.05 Å². The summed E-state index contributed by atoms with van der Waals surface area (Å²) in [5, 5.41) is 12.3. The third kappa shape index (κ3) is 2.56. The lowest BCUT2D eigenvalue weighted by Crippen LogP contribution is -2.55. The molecule has 2 aliphatic rings. The smallest absolute Gasteiger partial charge is 0.0638 e. The molecule has 16 heavy (non-hydrogen) atoms. The molecule has 0 aromatic carbocycles. The Hall–Kier alpha value is -0.590. The molecule has 0 aliphatic carbocycles. The van der Waals surface area contributed by atoms with Crippen molar-refractivity contribution in [2.45, 2.75) is 69.6 Å². The van der Waals surface area contributed by atoms with Crippen LogP contribution in [0.15, 0.2) is 0 Å². The van der Waals surface area contributed by atoms with Gasteiger partial charge in [0.05, 0.1) is 12.5 Å². The van der Waals surface area contributed by atoms with E-state index < -0.39 is 0 Å². The lowest BCUT2D eigenvalue weighted by molar-refractivity contribution is 0.0464. The van der Waals surface area contributed by atoms with E-state index in [-0.39, 0.29) is 0 Å². The maximum absolute atomic E-state index is 8.67. The molecule has 0 radical (unpaired) electrons. The highest BCUT2D eigenvalue weighted by atomic mass is 15.2. The Kier molecular flexibility index (Phi) is 3.83. The number of nitriles is 1. The third-order valence-electron chi connectivity index (χ3n) is 4.26. The van der Waals surface area contributed by atoms with Gasteiger partial charge in [-0.2, -0.15) is 5.26 Å². The first-order chi connectivity index (χ1) is 7.70. The van der Waals surface area contributed by atoms with Crippen LogP contribution in [0.1, 0.15) is 45.4 Å². The van der Waals surface area contributed by atoms with Gasteiger partial charge in [-0.1, -0.05) is 6.42 Å². The van der Waals surface area contributed by atoms with E-state index in [0.717, 1.165) is 12.1 Å². The number of fused-ring (bicyclic) bond motifs is 2. The second kappa shape index (κ2) is 5.16. The van der Waals surface area contributed by atoms with E-state index in [0.29, 0.717) is 18.5 Å². The maximum Gasteiger partial charge on any atom is 0.0638 e. The highest BCUT2D eigenvalue weighted by Crippen LogP contribution is 2.32. The van der Waals surface area contributed by atoms with E-state index in [4.69, 9.17) is 5.26 Å². The first-order valence-corrected chi connectivity index (χ1v) is 6.55. The van der Waals surface area contributed by atoms with Crippen LogP contribution in [-0.4, -0.2) is 36.1 Å². The van der Waals surface area contributed by atoms with Crippen molar-refractivity contribution < 1.29 is 0 Å². The molecule has 0 aromatic heterocycles. The van der Waals surface area contributed by atoms with E-state index in [1.54, 1.807) is 0 Å². The fourth-order valence-electron chi connectivity index (χ4n) is 3.35. The number of nitrogens with one attached hydrogen (secondary N) is 1. The zero-order valence-electron chi connectivity index (χ0n) is 10.4. The highest BCUT2D eigenvalue weighted by molar-refractivity contribution is 4.94.